The molecule has 0 bridgehead atoms. The normalized spacial score (nSPS) is 16.1. The summed E-state index contributed by atoms with van der Waals surface area (Å²) in [7, 11) is 0. The van der Waals surface area contributed by atoms with E-state index in [-0.39, 0.29) is 23.4 Å². The second-order valence-electron chi connectivity index (χ2n) is 8.56. The summed E-state index contributed by atoms with van der Waals surface area (Å²) >= 11 is 0. The van der Waals surface area contributed by atoms with Crippen molar-refractivity contribution in [1.29, 1.82) is 0 Å². The molecule has 0 aliphatic carbocycles. The molecule has 2 aromatic heterocycles. The van der Waals surface area contributed by atoms with Crippen molar-refractivity contribution in [3.8, 4) is 0 Å². The van der Waals surface area contributed by atoms with Gasteiger partial charge in [0.05, 0.1) is 5.52 Å². The van der Waals surface area contributed by atoms with E-state index in [2.05, 4.69) is 10.3 Å². The fourth-order valence-electron chi connectivity index (χ4n) is 4.70. The molecule has 3 heterocycles. The van der Waals surface area contributed by atoms with Gasteiger partial charge in [-0.05, 0) is 49.1 Å². The number of aryl methyl sites for hydroxylation is 1. The molecule has 168 valence electrons. The number of benzene rings is 2. The summed E-state index contributed by atoms with van der Waals surface area (Å²) in [5.74, 6) is -2.53. The minimum atomic E-state index is -1.24. The minimum Gasteiger partial charge on any atom is -0.480 e. The number of halogens is 1. The van der Waals surface area contributed by atoms with Gasteiger partial charge in [-0.2, -0.15) is 0 Å². The van der Waals surface area contributed by atoms with E-state index < -0.39 is 29.2 Å². The number of fused-ring (bicyclic) bond motifs is 1. The van der Waals surface area contributed by atoms with Crippen molar-refractivity contribution in [2.45, 2.75) is 38.3 Å². The van der Waals surface area contributed by atoms with E-state index in [9.17, 15) is 23.9 Å². The third-order valence-electron chi connectivity index (χ3n) is 6.42. The lowest BCUT2D eigenvalue weighted by Crippen LogP contribution is -2.44. The summed E-state index contributed by atoms with van der Waals surface area (Å²) in [6.07, 6.45) is 4.62. The first-order valence-electron chi connectivity index (χ1n) is 10.8. The molecule has 1 amide bonds. The first kappa shape index (κ1) is 20.9. The van der Waals surface area contributed by atoms with Crippen LogP contribution >= 0.6 is 0 Å². The van der Waals surface area contributed by atoms with Crippen LogP contribution in [0.1, 0.15) is 40.9 Å². The Bertz CT molecular complexity index is 1490. The largest absolute Gasteiger partial charge is 0.480 e. The fraction of sp³-hybridized carbons (Fsp3) is 0.240. The van der Waals surface area contributed by atoms with E-state index in [0.29, 0.717) is 11.9 Å². The summed E-state index contributed by atoms with van der Waals surface area (Å²) in [6, 6.07) is 8.81. The molecule has 0 radical (unpaired) electrons. The van der Waals surface area contributed by atoms with Crippen LogP contribution in [-0.2, 0) is 17.6 Å². The van der Waals surface area contributed by atoms with Gasteiger partial charge in [0, 0.05) is 41.1 Å². The minimum absolute atomic E-state index is 0.0131. The molecule has 3 N–H and O–H groups in total. The van der Waals surface area contributed by atoms with Crippen LogP contribution in [0.2, 0.25) is 0 Å². The number of aliphatic carboxylic acids is 1. The van der Waals surface area contributed by atoms with Gasteiger partial charge in [-0.3, -0.25) is 9.59 Å². The number of pyridine rings is 1. The van der Waals surface area contributed by atoms with Gasteiger partial charge in [-0.25, -0.2) is 9.18 Å². The van der Waals surface area contributed by atoms with Crippen LogP contribution in [0.3, 0.4) is 0 Å². The summed E-state index contributed by atoms with van der Waals surface area (Å²) in [5, 5.41) is 13.2. The Morgan fingerprint density at radius 3 is 2.85 bits per heavy atom. The number of amides is 1. The van der Waals surface area contributed by atoms with Crippen LogP contribution in [0, 0.1) is 5.82 Å². The van der Waals surface area contributed by atoms with Gasteiger partial charge in [-0.15, -0.1) is 0 Å². The molecule has 0 saturated heterocycles. The van der Waals surface area contributed by atoms with Crippen molar-refractivity contribution in [1.82, 2.24) is 14.9 Å². The molecule has 0 spiro atoms. The van der Waals surface area contributed by atoms with Crippen molar-refractivity contribution >= 4 is 33.7 Å². The summed E-state index contributed by atoms with van der Waals surface area (Å²) in [4.78, 5) is 41.2. The lowest BCUT2D eigenvalue weighted by Gasteiger charge is -2.27. The summed E-state index contributed by atoms with van der Waals surface area (Å²) < 4.78 is 16.0. The van der Waals surface area contributed by atoms with Crippen molar-refractivity contribution < 1.29 is 19.1 Å². The highest BCUT2D eigenvalue weighted by Gasteiger charge is 2.27. The van der Waals surface area contributed by atoms with Crippen LogP contribution in [-0.4, -0.2) is 32.6 Å². The van der Waals surface area contributed by atoms with Crippen LogP contribution < -0.4 is 10.7 Å². The predicted molar refractivity (Wildman–Crippen MR) is 122 cm³/mol. The molecule has 8 heteroatoms. The molecule has 33 heavy (non-hydrogen) atoms. The van der Waals surface area contributed by atoms with Crippen LogP contribution in [0.4, 0.5) is 4.39 Å². The zero-order valence-electron chi connectivity index (χ0n) is 17.9. The average Bonchev–Trinajstić information content (AvgIpc) is 3.19. The number of H-pyrrole nitrogens is 1. The van der Waals surface area contributed by atoms with Crippen molar-refractivity contribution in [3.63, 3.8) is 0 Å². The predicted octanol–water partition coefficient (Wildman–Crippen LogP) is 3.55. The highest BCUT2D eigenvalue weighted by molar-refractivity contribution is 5.99. The number of carboxylic acid groups (broad SMARTS) is 1. The zero-order valence-corrected chi connectivity index (χ0v) is 17.9. The van der Waals surface area contributed by atoms with Crippen molar-refractivity contribution in [2.75, 3.05) is 0 Å². The van der Waals surface area contributed by atoms with Gasteiger partial charge < -0.3 is 20.0 Å². The Balaban J connectivity index is 1.52. The van der Waals surface area contributed by atoms with Crippen LogP contribution in [0.15, 0.2) is 53.6 Å². The van der Waals surface area contributed by atoms with E-state index >= 15 is 0 Å². The second-order valence-corrected chi connectivity index (χ2v) is 8.56. The van der Waals surface area contributed by atoms with Gasteiger partial charge in [0.1, 0.15) is 17.4 Å². The lowest BCUT2D eigenvalue weighted by atomic mass is 9.95. The Morgan fingerprint density at radius 1 is 1.27 bits per heavy atom. The molecule has 1 unspecified atom stereocenters. The molecule has 2 aromatic carbocycles. The lowest BCUT2D eigenvalue weighted by molar-refractivity contribution is -0.139. The second kappa shape index (κ2) is 7.88. The molecular weight excluding hydrogens is 425 g/mol. The molecule has 4 aromatic rings. The number of nitrogens with one attached hydrogen (secondary N) is 2. The first-order chi connectivity index (χ1) is 15.8. The van der Waals surface area contributed by atoms with Gasteiger partial charge in [-0.1, -0.05) is 18.2 Å². The van der Waals surface area contributed by atoms with Crippen molar-refractivity contribution in [2.24, 2.45) is 0 Å². The zero-order chi connectivity index (χ0) is 23.3. The molecule has 5 rings (SSSR count). The smallest absolute Gasteiger partial charge is 0.326 e. The summed E-state index contributed by atoms with van der Waals surface area (Å²) in [5.41, 5.74) is 2.16. The van der Waals surface area contributed by atoms with E-state index in [0.717, 1.165) is 34.5 Å². The number of aromatic amines is 1. The van der Waals surface area contributed by atoms with Crippen molar-refractivity contribution in [3.05, 3.63) is 81.5 Å². The van der Waals surface area contributed by atoms with Gasteiger partial charge in [0.25, 0.3) is 5.91 Å². The molecule has 1 aliphatic rings. The van der Waals surface area contributed by atoms with Gasteiger partial charge in [0.15, 0.2) is 0 Å². The highest BCUT2D eigenvalue weighted by atomic mass is 19.1. The molecular formula is C25H22FN3O4. The van der Waals surface area contributed by atoms with E-state index in [1.165, 1.54) is 12.3 Å². The Hall–Kier alpha value is -3.94. The maximum atomic E-state index is 14.2. The number of carboxylic acids is 1. The number of carbonyl (C=O) groups is 2. The molecule has 2 atom stereocenters. The van der Waals surface area contributed by atoms with E-state index in [4.69, 9.17) is 0 Å². The quantitative estimate of drug-likeness (QED) is 0.435. The number of aromatic nitrogens is 2. The van der Waals surface area contributed by atoms with E-state index in [1.54, 1.807) is 6.20 Å². The average molecular weight is 447 g/mol. The van der Waals surface area contributed by atoms with Gasteiger partial charge in [0.2, 0.25) is 5.43 Å². The number of para-hydroxylation sites is 1. The van der Waals surface area contributed by atoms with Crippen LogP contribution in [0.5, 0.6) is 0 Å². The fourth-order valence-corrected chi connectivity index (χ4v) is 4.70. The van der Waals surface area contributed by atoms with E-state index in [1.807, 2.05) is 35.8 Å². The third kappa shape index (κ3) is 3.57. The van der Waals surface area contributed by atoms with Crippen LogP contribution in [0.25, 0.3) is 21.8 Å². The molecule has 0 fully saturated rings. The number of nitrogens with zero attached hydrogens (tertiary/aromatic N) is 1. The number of carbonyl (C=O) groups excluding carboxylic acids is 1. The Kier molecular flexibility index (Phi) is 5.00. The number of hydrogen-bond acceptors (Lipinski definition) is 3. The first-order valence-corrected chi connectivity index (χ1v) is 10.8. The Morgan fingerprint density at radius 2 is 2.06 bits per heavy atom. The maximum absolute atomic E-state index is 14.2. The van der Waals surface area contributed by atoms with Gasteiger partial charge >= 0.3 is 5.97 Å². The third-order valence-corrected chi connectivity index (χ3v) is 6.42. The number of rotatable bonds is 5. The molecule has 7 nitrogen and oxygen atoms in total. The number of hydrogen-bond donors (Lipinski definition) is 3. The topological polar surface area (TPSA) is 104 Å². The monoisotopic (exact) mass is 447 g/mol. The highest BCUT2D eigenvalue weighted by Crippen LogP contribution is 2.30. The molecule has 0 saturated carbocycles. The maximum Gasteiger partial charge on any atom is 0.326 e. The summed E-state index contributed by atoms with van der Waals surface area (Å²) in [6.45, 7) is 1.97. The SMILES string of the molecule is CC1CCc2cc(F)cc3c(=O)c(C(=O)N[C@H](Cc4c[nH]c5ccccc45)C(=O)O)cn1c23. The molecule has 1 aliphatic heterocycles. The standard InChI is InChI=1S/C25H22FN3O4/c1-13-6-7-14-8-16(26)10-18-22(14)29(13)12-19(23(18)30)24(31)28-21(25(32)33)9-15-11-27-20-5-3-2-4-17(15)20/h2-5,8,10-13,21,27H,6-7,9H2,1H3,(H,28,31)(H,32,33)/t13?,21-/m1/s1. The Labute approximate surface area is 187 Å².